The molecule has 2 N–H and O–H groups in total. The summed E-state index contributed by atoms with van der Waals surface area (Å²) in [6.45, 7) is 0. The molecule has 2 aromatic carbocycles. The van der Waals surface area contributed by atoms with Gasteiger partial charge in [-0.3, -0.25) is 0 Å². The van der Waals surface area contributed by atoms with Crippen molar-refractivity contribution in [2.24, 2.45) is 5.73 Å². The van der Waals surface area contributed by atoms with E-state index in [1.165, 1.54) is 12.1 Å². The monoisotopic (exact) mass is 260 g/mol. The summed E-state index contributed by atoms with van der Waals surface area (Å²) in [5.41, 5.74) is 8.09. The van der Waals surface area contributed by atoms with Crippen molar-refractivity contribution in [1.29, 1.82) is 0 Å². The van der Waals surface area contributed by atoms with E-state index >= 15 is 0 Å². The molecule has 2 aromatic rings. The number of nitrogens with two attached hydrogens (primary N) is 1. The van der Waals surface area contributed by atoms with Gasteiger partial charge in [0.2, 0.25) is 0 Å². The van der Waals surface area contributed by atoms with E-state index < -0.39 is 0 Å². The van der Waals surface area contributed by atoms with Crippen molar-refractivity contribution >= 4 is 28.6 Å². The summed E-state index contributed by atoms with van der Waals surface area (Å²) in [7, 11) is 1.88. The van der Waals surface area contributed by atoms with E-state index in [-0.39, 0.29) is 5.82 Å². The minimum atomic E-state index is -0.251. The molecule has 0 atom stereocenters. The second-order valence-electron chi connectivity index (χ2n) is 3.95. The van der Waals surface area contributed by atoms with E-state index in [4.69, 9.17) is 18.0 Å². The van der Waals surface area contributed by atoms with Crippen molar-refractivity contribution in [3.8, 4) is 0 Å². The fraction of sp³-hybridized carbons (Fsp3) is 0.0714. The lowest BCUT2D eigenvalue weighted by molar-refractivity contribution is 0.628. The molecular formula is C14H13FN2S. The highest BCUT2D eigenvalue weighted by molar-refractivity contribution is 7.80. The molecule has 18 heavy (non-hydrogen) atoms. The lowest BCUT2D eigenvalue weighted by atomic mass is 10.2. The summed E-state index contributed by atoms with van der Waals surface area (Å²) in [4.78, 5) is 2.27. The van der Waals surface area contributed by atoms with Gasteiger partial charge in [0, 0.05) is 24.0 Å². The largest absolute Gasteiger partial charge is 0.389 e. The maximum atomic E-state index is 13.2. The fourth-order valence-corrected chi connectivity index (χ4v) is 1.82. The van der Waals surface area contributed by atoms with E-state index in [1.807, 2.05) is 42.3 Å². The van der Waals surface area contributed by atoms with E-state index in [2.05, 4.69) is 0 Å². The molecule has 0 amide bonds. The van der Waals surface area contributed by atoms with Gasteiger partial charge in [-0.2, -0.15) is 0 Å². The molecule has 2 nitrogen and oxygen atoms in total. The highest BCUT2D eigenvalue weighted by Crippen LogP contribution is 2.24. The summed E-state index contributed by atoms with van der Waals surface area (Å²) in [5, 5.41) is 0. The summed E-state index contributed by atoms with van der Waals surface area (Å²) in [6, 6.07) is 14.0. The molecule has 0 aliphatic rings. The van der Waals surface area contributed by atoms with Gasteiger partial charge in [-0.05, 0) is 42.5 Å². The zero-order valence-corrected chi connectivity index (χ0v) is 10.7. The first kappa shape index (κ1) is 12.5. The van der Waals surface area contributed by atoms with Crippen molar-refractivity contribution in [3.05, 3.63) is 59.9 Å². The van der Waals surface area contributed by atoms with Crippen LogP contribution in [0, 0.1) is 5.82 Å². The van der Waals surface area contributed by atoms with Gasteiger partial charge in [-0.25, -0.2) is 4.39 Å². The Morgan fingerprint density at radius 3 is 2.33 bits per heavy atom. The van der Waals surface area contributed by atoms with Gasteiger partial charge in [0.15, 0.2) is 0 Å². The van der Waals surface area contributed by atoms with E-state index in [9.17, 15) is 4.39 Å². The Labute approximate surface area is 111 Å². The molecule has 0 fully saturated rings. The molecule has 92 valence electrons. The molecule has 4 heteroatoms. The first-order chi connectivity index (χ1) is 8.58. The zero-order chi connectivity index (χ0) is 13.1. The quantitative estimate of drug-likeness (QED) is 0.859. The van der Waals surface area contributed by atoms with Gasteiger partial charge in [0.1, 0.15) is 10.8 Å². The Morgan fingerprint density at radius 2 is 1.78 bits per heavy atom. The van der Waals surface area contributed by atoms with Gasteiger partial charge in [-0.1, -0.05) is 18.3 Å². The topological polar surface area (TPSA) is 29.3 Å². The second kappa shape index (κ2) is 5.14. The third-order valence-corrected chi connectivity index (χ3v) is 2.97. The van der Waals surface area contributed by atoms with Crippen LogP contribution < -0.4 is 10.6 Å². The number of benzene rings is 2. The Morgan fingerprint density at radius 1 is 1.11 bits per heavy atom. The molecule has 0 aromatic heterocycles. The summed E-state index contributed by atoms with van der Waals surface area (Å²) >= 11 is 4.90. The average Bonchev–Trinajstić information content (AvgIpc) is 2.38. The summed E-state index contributed by atoms with van der Waals surface area (Å²) in [5.74, 6) is -0.251. The third-order valence-electron chi connectivity index (χ3n) is 2.73. The van der Waals surface area contributed by atoms with E-state index in [1.54, 1.807) is 6.07 Å². The zero-order valence-electron chi connectivity index (χ0n) is 9.93. The summed E-state index contributed by atoms with van der Waals surface area (Å²) in [6.07, 6.45) is 0. The smallest absolute Gasteiger partial charge is 0.125 e. The van der Waals surface area contributed by atoms with Crippen LogP contribution in [-0.2, 0) is 0 Å². The Bertz CT molecular complexity index is 566. The van der Waals surface area contributed by atoms with Crippen LogP contribution in [0.15, 0.2) is 48.5 Å². The predicted molar refractivity (Wildman–Crippen MR) is 76.8 cm³/mol. The molecule has 0 radical (unpaired) electrons. The maximum absolute atomic E-state index is 13.2. The average molecular weight is 260 g/mol. The van der Waals surface area contributed by atoms with Crippen molar-refractivity contribution in [2.75, 3.05) is 11.9 Å². The number of anilines is 2. The Hall–Kier alpha value is -1.94. The molecule has 0 bridgehead atoms. The normalized spacial score (nSPS) is 10.1. The molecule has 0 saturated carbocycles. The van der Waals surface area contributed by atoms with Gasteiger partial charge in [-0.15, -0.1) is 0 Å². The second-order valence-corrected chi connectivity index (χ2v) is 4.39. The minimum absolute atomic E-state index is 0.251. The van der Waals surface area contributed by atoms with Crippen molar-refractivity contribution in [2.45, 2.75) is 0 Å². The first-order valence-corrected chi connectivity index (χ1v) is 5.88. The number of thiocarbonyl (C=S) groups is 1. The van der Waals surface area contributed by atoms with Crippen LogP contribution in [0.1, 0.15) is 5.56 Å². The highest BCUT2D eigenvalue weighted by atomic mass is 32.1. The Balaban J connectivity index is 2.28. The van der Waals surface area contributed by atoms with Crippen LogP contribution in [0.3, 0.4) is 0 Å². The highest BCUT2D eigenvalue weighted by Gasteiger charge is 2.05. The third kappa shape index (κ3) is 2.65. The van der Waals surface area contributed by atoms with Crippen molar-refractivity contribution < 1.29 is 4.39 Å². The first-order valence-electron chi connectivity index (χ1n) is 5.47. The van der Waals surface area contributed by atoms with E-state index in [0.29, 0.717) is 4.99 Å². The number of nitrogens with zero attached hydrogens (tertiary/aromatic N) is 1. The van der Waals surface area contributed by atoms with E-state index in [0.717, 1.165) is 16.9 Å². The Kier molecular flexibility index (Phi) is 3.58. The molecule has 0 aliphatic carbocycles. The number of halogens is 1. The number of hydrogen-bond donors (Lipinski definition) is 1. The lowest BCUT2D eigenvalue weighted by Crippen LogP contribution is -2.12. The fourth-order valence-electron chi connectivity index (χ4n) is 1.68. The lowest BCUT2D eigenvalue weighted by Gasteiger charge is -2.19. The molecule has 0 aliphatic heterocycles. The van der Waals surface area contributed by atoms with Crippen molar-refractivity contribution in [3.63, 3.8) is 0 Å². The van der Waals surface area contributed by atoms with Crippen LogP contribution in [0.2, 0.25) is 0 Å². The number of hydrogen-bond acceptors (Lipinski definition) is 2. The van der Waals surface area contributed by atoms with Crippen LogP contribution >= 0.6 is 12.2 Å². The molecule has 0 heterocycles. The standard InChI is InChI=1S/C14H13FN2S/c1-17(13-4-2-3-11(15)9-13)12-7-5-10(6-8-12)14(16)18/h2-9H,1H3,(H2,16,18). The molecule has 2 rings (SSSR count). The number of rotatable bonds is 3. The van der Waals surface area contributed by atoms with Gasteiger partial charge in [0.25, 0.3) is 0 Å². The molecular weight excluding hydrogens is 247 g/mol. The van der Waals surface area contributed by atoms with Crippen molar-refractivity contribution in [1.82, 2.24) is 0 Å². The van der Waals surface area contributed by atoms with Gasteiger partial charge >= 0.3 is 0 Å². The van der Waals surface area contributed by atoms with Crippen LogP contribution in [0.5, 0.6) is 0 Å². The SMILES string of the molecule is CN(c1ccc(C(N)=S)cc1)c1cccc(F)c1. The van der Waals surface area contributed by atoms with Gasteiger partial charge in [0.05, 0.1) is 0 Å². The molecule has 0 unspecified atom stereocenters. The minimum Gasteiger partial charge on any atom is -0.389 e. The predicted octanol–water partition coefficient (Wildman–Crippen LogP) is 3.23. The van der Waals surface area contributed by atoms with Crippen LogP contribution in [0.4, 0.5) is 15.8 Å². The molecule has 0 spiro atoms. The van der Waals surface area contributed by atoms with Crippen LogP contribution in [0.25, 0.3) is 0 Å². The summed E-state index contributed by atoms with van der Waals surface area (Å²) < 4.78 is 13.2. The van der Waals surface area contributed by atoms with Crippen LogP contribution in [-0.4, -0.2) is 12.0 Å². The maximum Gasteiger partial charge on any atom is 0.125 e. The van der Waals surface area contributed by atoms with Gasteiger partial charge < -0.3 is 10.6 Å². The molecule has 0 saturated heterocycles.